The van der Waals surface area contributed by atoms with Crippen LogP contribution in [0, 0.1) is 6.92 Å². The Labute approximate surface area is 130 Å². The standard InChI is InChI=1S/C17H21N3O2/c1-13-9-19-15(10-18-13)16(21)20(12-17(2,3)22)11-14-7-5-4-6-8-14/h4-10,22H,11-12H2,1-3H3. The van der Waals surface area contributed by atoms with Crippen molar-refractivity contribution in [3.63, 3.8) is 0 Å². The van der Waals surface area contributed by atoms with E-state index >= 15 is 0 Å². The Morgan fingerprint density at radius 2 is 1.86 bits per heavy atom. The minimum Gasteiger partial charge on any atom is -0.389 e. The van der Waals surface area contributed by atoms with Crippen LogP contribution in [0.25, 0.3) is 0 Å². The van der Waals surface area contributed by atoms with Gasteiger partial charge in [-0.15, -0.1) is 0 Å². The van der Waals surface area contributed by atoms with E-state index in [1.807, 2.05) is 37.3 Å². The molecule has 2 rings (SSSR count). The third-order valence-electron chi connectivity index (χ3n) is 3.08. The van der Waals surface area contributed by atoms with Crippen molar-refractivity contribution in [1.82, 2.24) is 14.9 Å². The maximum Gasteiger partial charge on any atom is 0.274 e. The van der Waals surface area contributed by atoms with Gasteiger partial charge in [-0.1, -0.05) is 30.3 Å². The molecule has 5 nitrogen and oxygen atoms in total. The van der Waals surface area contributed by atoms with Gasteiger partial charge in [0.05, 0.1) is 17.5 Å². The Hall–Kier alpha value is -2.27. The molecular weight excluding hydrogens is 278 g/mol. The molecule has 1 N–H and O–H groups in total. The van der Waals surface area contributed by atoms with Crippen molar-refractivity contribution in [3.05, 3.63) is 59.7 Å². The molecule has 0 saturated carbocycles. The predicted molar refractivity (Wildman–Crippen MR) is 84.2 cm³/mol. The van der Waals surface area contributed by atoms with E-state index < -0.39 is 5.60 Å². The highest BCUT2D eigenvalue weighted by molar-refractivity contribution is 5.92. The maximum atomic E-state index is 12.7. The van der Waals surface area contributed by atoms with E-state index in [1.54, 1.807) is 24.9 Å². The molecule has 22 heavy (non-hydrogen) atoms. The smallest absolute Gasteiger partial charge is 0.274 e. The van der Waals surface area contributed by atoms with Gasteiger partial charge in [-0.3, -0.25) is 9.78 Å². The summed E-state index contributed by atoms with van der Waals surface area (Å²) in [6.45, 7) is 5.81. The number of carbonyl (C=O) groups excluding carboxylic acids is 1. The van der Waals surface area contributed by atoms with Crippen LogP contribution in [0.1, 0.15) is 35.6 Å². The van der Waals surface area contributed by atoms with E-state index in [0.717, 1.165) is 11.3 Å². The van der Waals surface area contributed by atoms with Crippen molar-refractivity contribution < 1.29 is 9.90 Å². The molecule has 0 atom stereocenters. The Bertz CT molecular complexity index is 619. The zero-order chi connectivity index (χ0) is 16.2. The lowest BCUT2D eigenvalue weighted by Gasteiger charge is -2.29. The SMILES string of the molecule is Cc1cnc(C(=O)N(Cc2ccccc2)CC(C)(C)O)cn1. The van der Waals surface area contributed by atoms with E-state index in [9.17, 15) is 9.90 Å². The molecule has 2 aromatic rings. The van der Waals surface area contributed by atoms with E-state index in [-0.39, 0.29) is 18.1 Å². The molecule has 116 valence electrons. The average Bonchev–Trinajstić information content (AvgIpc) is 2.46. The number of rotatable bonds is 5. The zero-order valence-corrected chi connectivity index (χ0v) is 13.2. The van der Waals surface area contributed by atoms with Crippen LogP contribution >= 0.6 is 0 Å². The Morgan fingerprint density at radius 1 is 1.18 bits per heavy atom. The van der Waals surface area contributed by atoms with Crippen molar-refractivity contribution >= 4 is 5.91 Å². The summed E-state index contributed by atoms with van der Waals surface area (Å²) in [5, 5.41) is 10.1. The molecule has 0 radical (unpaired) electrons. The van der Waals surface area contributed by atoms with E-state index in [0.29, 0.717) is 6.54 Å². The summed E-state index contributed by atoms with van der Waals surface area (Å²) in [7, 11) is 0. The van der Waals surface area contributed by atoms with E-state index in [1.165, 1.54) is 6.20 Å². The van der Waals surface area contributed by atoms with Gasteiger partial charge < -0.3 is 10.0 Å². The van der Waals surface area contributed by atoms with Crippen LogP contribution in [-0.2, 0) is 6.54 Å². The van der Waals surface area contributed by atoms with Crippen molar-refractivity contribution in [2.24, 2.45) is 0 Å². The Kier molecular flexibility index (Phi) is 4.88. The quantitative estimate of drug-likeness (QED) is 0.919. The molecule has 0 aliphatic carbocycles. The number of hydrogen-bond donors (Lipinski definition) is 1. The topological polar surface area (TPSA) is 66.3 Å². The molecule has 0 unspecified atom stereocenters. The fourth-order valence-electron chi connectivity index (χ4n) is 2.14. The van der Waals surface area contributed by atoms with Gasteiger partial charge in [0.1, 0.15) is 5.69 Å². The highest BCUT2D eigenvalue weighted by Crippen LogP contribution is 2.13. The minimum absolute atomic E-state index is 0.219. The zero-order valence-electron chi connectivity index (χ0n) is 13.2. The number of aliphatic hydroxyl groups is 1. The van der Waals surface area contributed by atoms with Gasteiger partial charge in [-0.05, 0) is 26.3 Å². The molecule has 1 aromatic carbocycles. The molecule has 1 aromatic heterocycles. The summed E-state index contributed by atoms with van der Waals surface area (Å²) < 4.78 is 0. The lowest BCUT2D eigenvalue weighted by atomic mass is 10.1. The van der Waals surface area contributed by atoms with Crippen LogP contribution in [0.5, 0.6) is 0 Å². The van der Waals surface area contributed by atoms with Crippen molar-refractivity contribution in [2.45, 2.75) is 32.9 Å². The second-order valence-corrected chi connectivity index (χ2v) is 6.00. The molecule has 5 heteroatoms. The van der Waals surface area contributed by atoms with Crippen LogP contribution in [0.2, 0.25) is 0 Å². The molecule has 0 aliphatic heterocycles. The summed E-state index contributed by atoms with van der Waals surface area (Å²) in [5.41, 5.74) is 1.06. The van der Waals surface area contributed by atoms with Gasteiger partial charge in [-0.25, -0.2) is 4.98 Å². The number of nitrogens with zero attached hydrogens (tertiary/aromatic N) is 3. The van der Waals surface area contributed by atoms with Crippen LogP contribution < -0.4 is 0 Å². The molecule has 1 heterocycles. The third kappa shape index (κ3) is 4.63. The minimum atomic E-state index is -0.984. The lowest BCUT2D eigenvalue weighted by Crippen LogP contribution is -2.42. The summed E-state index contributed by atoms with van der Waals surface area (Å²) in [6.07, 6.45) is 3.04. The average molecular weight is 299 g/mol. The summed E-state index contributed by atoms with van der Waals surface area (Å²) >= 11 is 0. The molecule has 0 saturated heterocycles. The van der Waals surface area contributed by atoms with Gasteiger partial charge in [0.2, 0.25) is 0 Å². The van der Waals surface area contributed by atoms with Gasteiger partial charge in [0.15, 0.2) is 0 Å². The maximum absolute atomic E-state index is 12.7. The van der Waals surface area contributed by atoms with Crippen molar-refractivity contribution in [1.29, 1.82) is 0 Å². The van der Waals surface area contributed by atoms with E-state index in [2.05, 4.69) is 9.97 Å². The fourth-order valence-corrected chi connectivity index (χ4v) is 2.14. The number of hydrogen-bond acceptors (Lipinski definition) is 4. The normalized spacial score (nSPS) is 11.3. The molecule has 0 bridgehead atoms. The number of benzene rings is 1. The van der Waals surface area contributed by atoms with Crippen LogP contribution in [0.15, 0.2) is 42.7 Å². The highest BCUT2D eigenvalue weighted by atomic mass is 16.3. The van der Waals surface area contributed by atoms with Crippen LogP contribution in [0.4, 0.5) is 0 Å². The van der Waals surface area contributed by atoms with Crippen LogP contribution in [-0.4, -0.2) is 38.0 Å². The molecule has 0 aliphatic rings. The van der Waals surface area contributed by atoms with Gasteiger partial charge in [-0.2, -0.15) is 0 Å². The van der Waals surface area contributed by atoms with Gasteiger partial charge >= 0.3 is 0 Å². The second kappa shape index (κ2) is 6.66. The first-order valence-electron chi connectivity index (χ1n) is 7.19. The summed E-state index contributed by atoms with van der Waals surface area (Å²) in [5.74, 6) is -0.238. The van der Waals surface area contributed by atoms with Crippen molar-refractivity contribution in [2.75, 3.05) is 6.54 Å². The third-order valence-corrected chi connectivity index (χ3v) is 3.08. The number of aromatic nitrogens is 2. The summed E-state index contributed by atoms with van der Waals surface area (Å²) in [4.78, 5) is 22.5. The monoisotopic (exact) mass is 299 g/mol. The number of carbonyl (C=O) groups is 1. The van der Waals surface area contributed by atoms with Gasteiger partial charge in [0.25, 0.3) is 5.91 Å². The van der Waals surface area contributed by atoms with Gasteiger partial charge in [0, 0.05) is 19.3 Å². The van der Waals surface area contributed by atoms with E-state index in [4.69, 9.17) is 0 Å². The molecule has 0 spiro atoms. The first kappa shape index (κ1) is 16.1. The Morgan fingerprint density at radius 3 is 2.41 bits per heavy atom. The molecule has 1 amide bonds. The fraction of sp³-hybridized carbons (Fsp3) is 0.353. The molecular formula is C17H21N3O2. The van der Waals surface area contributed by atoms with Crippen LogP contribution in [0.3, 0.4) is 0 Å². The Balaban J connectivity index is 2.23. The van der Waals surface area contributed by atoms with Crippen molar-refractivity contribution in [3.8, 4) is 0 Å². The first-order valence-corrected chi connectivity index (χ1v) is 7.19. The lowest BCUT2D eigenvalue weighted by molar-refractivity contribution is 0.0276. The first-order chi connectivity index (χ1) is 10.3. The number of aryl methyl sites for hydroxylation is 1. The molecule has 0 fully saturated rings. The largest absolute Gasteiger partial charge is 0.389 e. The predicted octanol–water partition coefficient (Wildman–Crippen LogP) is 2.20. The highest BCUT2D eigenvalue weighted by Gasteiger charge is 2.24. The number of amides is 1. The second-order valence-electron chi connectivity index (χ2n) is 6.00. The summed E-state index contributed by atoms with van der Waals surface area (Å²) in [6, 6.07) is 9.68.